The van der Waals surface area contributed by atoms with E-state index in [1.165, 1.54) is 11.0 Å². The Morgan fingerprint density at radius 1 is 1.04 bits per heavy atom. The number of ether oxygens (including phenoxy) is 1. The summed E-state index contributed by atoms with van der Waals surface area (Å²) in [5, 5.41) is 29.0. The van der Waals surface area contributed by atoms with E-state index in [1.807, 2.05) is 48.5 Å². The van der Waals surface area contributed by atoms with Gasteiger partial charge in [0.1, 0.15) is 23.7 Å². The van der Waals surface area contributed by atoms with Crippen LogP contribution in [0.25, 0.3) is 0 Å². The van der Waals surface area contributed by atoms with E-state index >= 15 is 0 Å². The molecular formula is C37H45N5O8. The van der Waals surface area contributed by atoms with Gasteiger partial charge in [0.05, 0.1) is 18.7 Å². The maximum atomic E-state index is 14.0. The molecule has 2 aromatic carbocycles. The molecule has 6 rings (SSSR count). The number of nitrogens with one attached hydrogen (secondary N) is 3. The van der Waals surface area contributed by atoms with Crippen molar-refractivity contribution in [2.45, 2.75) is 88.9 Å². The van der Waals surface area contributed by atoms with Gasteiger partial charge in [-0.15, -0.1) is 6.58 Å². The van der Waals surface area contributed by atoms with Crippen molar-refractivity contribution in [2.75, 3.05) is 13.1 Å². The molecule has 2 aliphatic carbocycles. The number of carboxylic acids is 1. The molecule has 0 bridgehead atoms. The standard InChI is InChI=1S/C37H45N5O8/c1-5-24-18-37(24,33(46)47)40-31(44)27-17-25(50-35(49)41-15-14-21-10-6-7-12-23(21)19-41)20-42(27)34(48)39-30(36(2,3)4)32(45)38-29-26-13-9-8-11-22(26)16-28(29)43/h5-13,24-25,27-30,43H,1,14-20H2,2-4H3,(H,38,45)(H,39,48)(H,40,44)(H,46,47)/t24-,25-,27+,28-,29+,30-,37-/m1/s1. The van der Waals surface area contributed by atoms with Crippen LogP contribution in [-0.4, -0.2) is 92.8 Å². The molecule has 0 aromatic heterocycles. The number of hydrogen-bond acceptors (Lipinski definition) is 7. The fourth-order valence-electron chi connectivity index (χ4n) is 7.41. The molecule has 2 heterocycles. The lowest BCUT2D eigenvalue weighted by atomic mass is 9.86. The smallest absolute Gasteiger partial charge is 0.410 e. The van der Waals surface area contributed by atoms with Gasteiger partial charge in [0.25, 0.3) is 0 Å². The number of urea groups is 1. The number of benzene rings is 2. The minimum Gasteiger partial charge on any atom is -0.479 e. The third kappa shape index (κ3) is 6.78. The van der Waals surface area contributed by atoms with Crippen LogP contribution in [0.15, 0.2) is 61.2 Å². The number of amides is 5. The maximum absolute atomic E-state index is 14.0. The molecule has 13 heteroatoms. The predicted octanol–water partition coefficient (Wildman–Crippen LogP) is 2.67. The Morgan fingerprint density at radius 2 is 1.72 bits per heavy atom. The summed E-state index contributed by atoms with van der Waals surface area (Å²) < 4.78 is 5.86. The number of carbonyl (C=O) groups excluding carboxylic acids is 4. The molecule has 5 amide bonds. The van der Waals surface area contributed by atoms with Crippen LogP contribution in [0.4, 0.5) is 9.59 Å². The van der Waals surface area contributed by atoms with E-state index in [0.717, 1.165) is 22.3 Å². The fourth-order valence-corrected chi connectivity index (χ4v) is 7.41. The Labute approximate surface area is 291 Å². The van der Waals surface area contributed by atoms with Gasteiger partial charge in [-0.3, -0.25) is 9.59 Å². The van der Waals surface area contributed by atoms with E-state index in [1.54, 1.807) is 25.7 Å². The van der Waals surface area contributed by atoms with Gasteiger partial charge >= 0.3 is 18.1 Å². The number of rotatable bonds is 8. The number of hydrogen-bond donors (Lipinski definition) is 5. The highest BCUT2D eigenvalue weighted by Gasteiger charge is 2.61. The number of carbonyl (C=O) groups is 5. The molecule has 2 aliphatic heterocycles. The van der Waals surface area contributed by atoms with Crippen LogP contribution < -0.4 is 16.0 Å². The van der Waals surface area contributed by atoms with E-state index in [9.17, 15) is 34.2 Å². The molecule has 0 radical (unpaired) electrons. The summed E-state index contributed by atoms with van der Waals surface area (Å²) in [6.07, 6.45) is 0.319. The van der Waals surface area contributed by atoms with E-state index in [0.29, 0.717) is 25.9 Å². The number of nitrogens with zero attached hydrogens (tertiary/aromatic N) is 2. The highest BCUT2D eigenvalue weighted by atomic mass is 16.6. The summed E-state index contributed by atoms with van der Waals surface area (Å²) in [6, 6.07) is 11.6. The second-order valence-corrected chi connectivity index (χ2v) is 14.9. The van der Waals surface area contributed by atoms with Gasteiger partial charge in [0.2, 0.25) is 11.8 Å². The molecule has 1 saturated carbocycles. The van der Waals surface area contributed by atoms with Crippen molar-refractivity contribution in [1.82, 2.24) is 25.8 Å². The molecule has 0 spiro atoms. The lowest BCUT2D eigenvalue weighted by molar-refractivity contribution is -0.144. The van der Waals surface area contributed by atoms with Crippen molar-refractivity contribution in [2.24, 2.45) is 11.3 Å². The zero-order valence-electron chi connectivity index (χ0n) is 28.6. The van der Waals surface area contributed by atoms with Crippen LogP contribution in [0.1, 0.15) is 61.9 Å². The van der Waals surface area contributed by atoms with Crippen molar-refractivity contribution in [3.63, 3.8) is 0 Å². The van der Waals surface area contributed by atoms with Gasteiger partial charge in [-0.05, 0) is 40.5 Å². The Balaban J connectivity index is 1.19. The van der Waals surface area contributed by atoms with Crippen LogP contribution >= 0.6 is 0 Å². The lowest BCUT2D eigenvalue weighted by Crippen LogP contribution is -2.60. The Kier molecular flexibility index (Phi) is 9.38. The van der Waals surface area contributed by atoms with Gasteiger partial charge in [-0.2, -0.15) is 0 Å². The number of aliphatic hydroxyl groups excluding tert-OH is 1. The normalized spacial score (nSPS) is 27.3. The first-order valence-electron chi connectivity index (χ1n) is 17.1. The average molecular weight is 688 g/mol. The third-order valence-corrected chi connectivity index (χ3v) is 10.4. The Bertz CT molecular complexity index is 1710. The highest BCUT2D eigenvalue weighted by Crippen LogP contribution is 2.45. The number of aliphatic carboxylic acids is 1. The number of likely N-dealkylation sites (tertiary alicyclic amines) is 1. The quantitative estimate of drug-likeness (QED) is 0.263. The molecule has 5 N–H and O–H groups in total. The number of carboxylic acid groups (broad SMARTS) is 1. The second kappa shape index (κ2) is 13.4. The van der Waals surface area contributed by atoms with Crippen LogP contribution in [0.3, 0.4) is 0 Å². The summed E-state index contributed by atoms with van der Waals surface area (Å²) in [7, 11) is 0. The molecule has 50 heavy (non-hydrogen) atoms. The van der Waals surface area contributed by atoms with Gasteiger partial charge in [0.15, 0.2) is 0 Å². The van der Waals surface area contributed by atoms with E-state index in [4.69, 9.17) is 4.74 Å². The third-order valence-electron chi connectivity index (χ3n) is 10.4. The van der Waals surface area contributed by atoms with Crippen molar-refractivity contribution in [3.05, 3.63) is 83.4 Å². The lowest BCUT2D eigenvalue weighted by Gasteiger charge is -2.34. The van der Waals surface area contributed by atoms with Crippen molar-refractivity contribution in [1.29, 1.82) is 0 Å². The maximum Gasteiger partial charge on any atom is 0.410 e. The molecule has 0 unspecified atom stereocenters. The average Bonchev–Trinajstić information content (AvgIpc) is 3.49. The molecule has 2 aromatic rings. The first-order chi connectivity index (χ1) is 23.7. The number of fused-ring (bicyclic) bond motifs is 2. The monoisotopic (exact) mass is 687 g/mol. The van der Waals surface area contributed by atoms with Gasteiger partial charge in [-0.1, -0.05) is 75.4 Å². The molecule has 266 valence electrons. The summed E-state index contributed by atoms with van der Waals surface area (Å²) in [6.45, 7) is 9.68. The van der Waals surface area contributed by atoms with Crippen LogP contribution in [0.5, 0.6) is 0 Å². The summed E-state index contributed by atoms with van der Waals surface area (Å²) in [5.74, 6) is -2.91. The predicted molar refractivity (Wildman–Crippen MR) is 182 cm³/mol. The topological polar surface area (TPSA) is 178 Å². The zero-order chi connectivity index (χ0) is 36.0. The van der Waals surface area contributed by atoms with Gasteiger partial charge < -0.3 is 40.7 Å². The van der Waals surface area contributed by atoms with Crippen LogP contribution in [-0.2, 0) is 38.5 Å². The van der Waals surface area contributed by atoms with Crippen molar-refractivity contribution >= 4 is 29.9 Å². The minimum atomic E-state index is -1.54. The van der Waals surface area contributed by atoms with Crippen LogP contribution in [0.2, 0.25) is 0 Å². The van der Waals surface area contributed by atoms with Gasteiger partial charge in [-0.25, -0.2) is 14.4 Å². The molecule has 7 atom stereocenters. The summed E-state index contributed by atoms with van der Waals surface area (Å²) in [5.41, 5.74) is 1.57. The molecule has 13 nitrogen and oxygen atoms in total. The van der Waals surface area contributed by atoms with E-state index in [-0.39, 0.29) is 19.4 Å². The van der Waals surface area contributed by atoms with Gasteiger partial charge in [0, 0.05) is 31.8 Å². The molecular weight excluding hydrogens is 642 g/mol. The first-order valence-corrected chi connectivity index (χ1v) is 17.1. The zero-order valence-corrected chi connectivity index (χ0v) is 28.6. The minimum absolute atomic E-state index is 0.0681. The largest absolute Gasteiger partial charge is 0.479 e. The fraction of sp³-hybridized carbons (Fsp3) is 0.486. The second-order valence-electron chi connectivity index (χ2n) is 14.9. The van der Waals surface area contributed by atoms with Crippen molar-refractivity contribution in [3.8, 4) is 0 Å². The first kappa shape index (κ1) is 34.9. The summed E-state index contributed by atoms with van der Waals surface area (Å²) in [4.78, 5) is 69.9. The Morgan fingerprint density at radius 3 is 2.38 bits per heavy atom. The van der Waals surface area contributed by atoms with E-state index in [2.05, 4.69) is 22.5 Å². The molecule has 2 fully saturated rings. The SMILES string of the molecule is C=C[C@@H]1C[C@]1(NC(=O)[C@@H]1C[C@@H](OC(=O)N2CCc3ccccc3C2)CN1C(=O)N[C@H](C(=O)N[C@H]1c2ccccc2C[C@H]1O)C(C)(C)C)C(=O)O. The molecule has 4 aliphatic rings. The molecule has 1 saturated heterocycles. The Hall–Kier alpha value is -4.91. The van der Waals surface area contributed by atoms with Crippen molar-refractivity contribution < 1.29 is 38.9 Å². The van der Waals surface area contributed by atoms with E-state index < -0.39 is 77.1 Å². The summed E-state index contributed by atoms with van der Waals surface area (Å²) >= 11 is 0. The highest BCUT2D eigenvalue weighted by molar-refractivity contribution is 5.95. The van der Waals surface area contributed by atoms with Crippen LogP contribution in [0, 0.1) is 11.3 Å². The number of aliphatic hydroxyl groups is 1.